The largest absolute Gasteiger partial charge is 0.464 e. The molecule has 88 valence electrons. The minimum atomic E-state index is -0.492. The van der Waals surface area contributed by atoms with Gasteiger partial charge in [-0.1, -0.05) is 0 Å². The molecule has 0 saturated carbocycles. The number of hydrogen-bond acceptors (Lipinski definition) is 6. The Balaban J connectivity index is 2.23. The lowest BCUT2D eigenvalue weighted by molar-refractivity contribution is -0.145. The Morgan fingerprint density at radius 1 is 1.62 bits per heavy atom. The van der Waals surface area contributed by atoms with Crippen LogP contribution in [0.2, 0.25) is 0 Å². The Bertz CT molecular complexity index is 376. The van der Waals surface area contributed by atoms with Crippen molar-refractivity contribution in [2.24, 2.45) is 0 Å². The van der Waals surface area contributed by atoms with Crippen LogP contribution in [-0.2, 0) is 20.9 Å². The van der Waals surface area contributed by atoms with Gasteiger partial charge in [0.2, 0.25) is 11.9 Å². The van der Waals surface area contributed by atoms with E-state index in [0.29, 0.717) is 0 Å². The highest BCUT2D eigenvalue weighted by Gasteiger charge is 2.06. The topological polar surface area (TPSA) is 112 Å². The van der Waals surface area contributed by atoms with Gasteiger partial charge in [-0.3, -0.25) is 9.59 Å². The quantitative estimate of drug-likeness (QED) is 0.594. The van der Waals surface area contributed by atoms with Crippen LogP contribution in [-0.4, -0.2) is 40.3 Å². The van der Waals surface area contributed by atoms with Gasteiger partial charge in [0, 0.05) is 7.05 Å². The molecule has 3 N–H and O–H groups in total. The van der Waals surface area contributed by atoms with Gasteiger partial charge in [-0.25, -0.2) is 9.67 Å². The smallest absolute Gasteiger partial charge is 0.327 e. The molecular formula is C8H13N5O3. The average Bonchev–Trinajstić information content (AvgIpc) is 2.63. The molecule has 0 radical (unpaired) electrons. The van der Waals surface area contributed by atoms with E-state index in [9.17, 15) is 9.59 Å². The van der Waals surface area contributed by atoms with E-state index in [-0.39, 0.29) is 31.4 Å². The third kappa shape index (κ3) is 3.95. The molecule has 0 atom stereocenters. The zero-order valence-corrected chi connectivity index (χ0v) is 8.84. The van der Waals surface area contributed by atoms with E-state index in [1.165, 1.54) is 18.1 Å². The molecule has 0 spiro atoms. The Labute approximate surface area is 91.8 Å². The maximum absolute atomic E-state index is 11.2. The van der Waals surface area contributed by atoms with Crippen LogP contribution in [0.1, 0.15) is 6.42 Å². The van der Waals surface area contributed by atoms with E-state index < -0.39 is 5.97 Å². The molecule has 1 heterocycles. The molecule has 1 aromatic heterocycles. The summed E-state index contributed by atoms with van der Waals surface area (Å²) in [6.45, 7) is -0.0272. The van der Waals surface area contributed by atoms with Crippen molar-refractivity contribution < 1.29 is 14.3 Å². The van der Waals surface area contributed by atoms with E-state index in [2.05, 4.69) is 15.4 Å². The van der Waals surface area contributed by atoms with Crippen LogP contribution in [0.5, 0.6) is 0 Å². The molecule has 8 heteroatoms. The molecule has 0 aromatic carbocycles. The normalized spacial score (nSPS) is 9.81. The van der Waals surface area contributed by atoms with Crippen LogP contribution < -0.4 is 11.1 Å². The monoisotopic (exact) mass is 227 g/mol. The molecule has 1 amide bonds. The van der Waals surface area contributed by atoms with Crippen molar-refractivity contribution in [3.8, 4) is 0 Å². The first-order valence-electron chi connectivity index (χ1n) is 4.63. The molecule has 0 aliphatic carbocycles. The second kappa shape index (κ2) is 5.69. The minimum absolute atomic E-state index is 0.0443. The number of nitrogens with two attached hydrogens (primary N) is 1. The molecular weight excluding hydrogens is 214 g/mol. The number of hydrogen-bond donors (Lipinski definition) is 2. The van der Waals surface area contributed by atoms with Crippen LogP contribution in [0.25, 0.3) is 0 Å². The van der Waals surface area contributed by atoms with Gasteiger partial charge in [-0.15, -0.1) is 5.10 Å². The highest BCUT2D eigenvalue weighted by molar-refractivity contribution is 5.76. The summed E-state index contributed by atoms with van der Waals surface area (Å²) in [5.74, 6) is -0.579. The van der Waals surface area contributed by atoms with Gasteiger partial charge in [0.05, 0.1) is 6.42 Å². The number of carbonyl (C=O) groups excluding carboxylic acids is 2. The number of nitrogen functional groups attached to an aromatic ring is 1. The molecule has 0 aliphatic heterocycles. The summed E-state index contributed by atoms with van der Waals surface area (Å²) >= 11 is 0. The van der Waals surface area contributed by atoms with Gasteiger partial charge in [-0.2, -0.15) is 0 Å². The zero-order chi connectivity index (χ0) is 12.0. The number of aromatic nitrogens is 3. The number of esters is 1. The molecule has 0 unspecified atom stereocenters. The molecule has 8 nitrogen and oxygen atoms in total. The highest BCUT2D eigenvalue weighted by Crippen LogP contribution is 1.92. The van der Waals surface area contributed by atoms with E-state index in [1.807, 2.05) is 0 Å². The Morgan fingerprint density at radius 2 is 2.38 bits per heavy atom. The van der Waals surface area contributed by atoms with E-state index in [4.69, 9.17) is 10.5 Å². The van der Waals surface area contributed by atoms with Gasteiger partial charge < -0.3 is 15.8 Å². The van der Waals surface area contributed by atoms with Gasteiger partial charge in [-0.05, 0) is 0 Å². The summed E-state index contributed by atoms with van der Waals surface area (Å²) in [6.07, 6.45) is 1.47. The van der Waals surface area contributed by atoms with Crippen molar-refractivity contribution in [1.82, 2.24) is 20.1 Å². The molecule has 1 aromatic rings. The molecule has 1 rings (SSSR count). The Morgan fingerprint density at radius 3 is 2.94 bits per heavy atom. The average molecular weight is 227 g/mol. The lowest BCUT2D eigenvalue weighted by atomic mass is 10.4. The fraction of sp³-hybridized carbons (Fsp3) is 0.500. The first-order chi connectivity index (χ1) is 7.61. The molecule has 0 bridgehead atoms. The number of amides is 1. The Hall–Kier alpha value is -2.12. The minimum Gasteiger partial charge on any atom is -0.464 e. The number of anilines is 1. The second-order valence-corrected chi connectivity index (χ2v) is 2.94. The van der Waals surface area contributed by atoms with E-state index in [0.717, 1.165) is 0 Å². The summed E-state index contributed by atoms with van der Waals surface area (Å²) in [7, 11) is 1.52. The number of carbonyl (C=O) groups is 2. The van der Waals surface area contributed by atoms with Crippen molar-refractivity contribution in [3.05, 3.63) is 6.33 Å². The summed E-state index contributed by atoms with van der Waals surface area (Å²) in [4.78, 5) is 25.7. The third-order valence-electron chi connectivity index (χ3n) is 1.72. The fourth-order valence-corrected chi connectivity index (χ4v) is 0.946. The molecule has 0 aliphatic rings. The third-order valence-corrected chi connectivity index (χ3v) is 1.72. The SMILES string of the molecule is CNC(=O)CCOC(=O)Cn1cnc(N)n1. The predicted molar refractivity (Wildman–Crippen MR) is 54.1 cm³/mol. The van der Waals surface area contributed by atoms with Crippen LogP contribution in [0.3, 0.4) is 0 Å². The van der Waals surface area contributed by atoms with Gasteiger partial charge in [0.15, 0.2) is 0 Å². The van der Waals surface area contributed by atoms with Gasteiger partial charge in [0.1, 0.15) is 19.5 Å². The maximum Gasteiger partial charge on any atom is 0.327 e. The fourth-order valence-electron chi connectivity index (χ4n) is 0.946. The standard InChI is InChI=1S/C8H13N5O3/c1-10-6(14)2-3-16-7(15)4-13-5-11-8(9)12-13/h5H,2-4H2,1H3,(H2,9,12)(H,10,14). The molecule has 0 saturated heterocycles. The van der Waals surface area contributed by atoms with Gasteiger partial charge in [0.25, 0.3) is 0 Å². The van der Waals surface area contributed by atoms with E-state index in [1.54, 1.807) is 0 Å². The summed E-state index contributed by atoms with van der Waals surface area (Å²) < 4.78 is 6.06. The lowest BCUT2D eigenvalue weighted by Gasteiger charge is -2.03. The number of nitrogens with one attached hydrogen (secondary N) is 1. The number of rotatable bonds is 5. The van der Waals surface area contributed by atoms with Crippen molar-refractivity contribution in [3.63, 3.8) is 0 Å². The zero-order valence-electron chi connectivity index (χ0n) is 8.84. The van der Waals surface area contributed by atoms with Crippen molar-refractivity contribution in [2.45, 2.75) is 13.0 Å². The van der Waals surface area contributed by atoms with Crippen molar-refractivity contribution in [1.29, 1.82) is 0 Å². The molecule has 0 fully saturated rings. The lowest BCUT2D eigenvalue weighted by Crippen LogP contribution is -2.21. The second-order valence-electron chi connectivity index (χ2n) is 2.94. The van der Waals surface area contributed by atoms with Crippen LogP contribution in [0.4, 0.5) is 5.95 Å². The molecule has 16 heavy (non-hydrogen) atoms. The Kier molecular flexibility index (Phi) is 4.25. The van der Waals surface area contributed by atoms with Crippen LogP contribution >= 0.6 is 0 Å². The summed E-state index contributed by atoms with van der Waals surface area (Å²) in [6, 6.07) is 0. The van der Waals surface area contributed by atoms with Crippen LogP contribution in [0.15, 0.2) is 6.33 Å². The predicted octanol–water partition coefficient (Wildman–Crippen LogP) is -1.46. The summed E-state index contributed by atoms with van der Waals surface area (Å²) in [5, 5.41) is 6.13. The number of ether oxygens (including phenoxy) is 1. The maximum atomic E-state index is 11.2. The van der Waals surface area contributed by atoms with Crippen molar-refractivity contribution in [2.75, 3.05) is 19.4 Å². The van der Waals surface area contributed by atoms with Crippen molar-refractivity contribution >= 4 is 17.8 Å². The number of nitrogens with zero attached hydrogens (tertiary/aromatic N) is 3. The van der Waals surface area contributed by atoms with Gasteiger partial charge >= 0.3 is 5.97 Å². The first kappa shape index (κ1) is 12.0. The summed E-state index contributed by atoms with van der Waals surface area (Å²) in [5.41, 5.74) is 5.26. The first-order valence-corrected chi connectivity index (χ1v) is 4.63. The van der Waals surface area contributed by atoms with E-state index >= 15 is 0 Å². The highest BCUT2D eigenvalue weighted by atomic mass is 16.5. The van der Waals surface area contributed by atoms with Crippen LogP contribution in [0, 0.1) is 0 Å².